The number of hydrogen-bond acceptors (Lipinski definition) is 4. The lowest BCUT2D eigenvalue weighted by Crippen LogP contribution is -2.42. The number of halogens is 3. The smallest absolute Gasteiger partial charge is 0.217 e. The summed E-state index contributed by atoms with van der Waals surface area (Å²) in [4.78, 5) is 18.9. The van der Waals surface area contributed by atoms with E-state index in [1.165, 1.54) is 12.1 Å². The molecule has 6 nitrogen and oxygen atoms in total. The van der Waals surface area contributed by atoms with E-state index >= 15 is 8.78 Å². The van der Waals surface area contributed by atoms with E-state index in [1.54, 1.807) is 0 Å². The van der Waals surface area contributed by atoms with Gasteiger partial charge >= 0.3 is 0 Å². The predicted octanol–water partition coefficient (Wildman–Crippen LogP) is 5.37. The number of carbonyl (C=O) groups is 1. The SMILES string of the molecule is C=C(CCC(N)=O)N1[C@H](c2c(F)cc(O[C@H]3CCN(CCCF)C3)cc2F)c2[nH]c3ccccc3c2C[C@H]1C. The molecule has 9 heteroatoms. The Balaban J connectivity index is 1.50. The number of allylic oxidation sites excluding steroid dienone is 1. The molecule has 0 unspecified atom stereocenters. The monoisotopic (exact) mass is 540 g/mol. The van der Waals surface area contributed by atoms with Gasteiger partial charge in [-0.2, -0.15) is 0 Å². The van der Waals surface area contributed by atoms with Crippen molar-refractivity contribution in [3.63, 3.8) is 0 Å². The number of nitrogens with two attached hydrogens (primary N) is 1. The summed E-state index contributed by atoms with van der Waals surface area (Å²) in [5, 5.41) is 1.02. The standard InChI is InChI=1S/C30H35F3N4O2/c1-18(8-9-27(34)38)37-19(2)14-23-22-6-3-4-7-26(22)35-29(23)30(37)28-24(32)15-21(16-25(28)33)39-20-10-13-36(17-20)12-5-11-31/h3-4,6-7,15-16,19-20,30,35H,1,5,8-14,17H2,2H3,(H2,34,38)/t19-,20+,30-/m1/s1. The van der Waals surface area contributed by atoms with Crippen molar-refractivity contribution in [1.82, 2.24) is 14.8 Å². The second-order valence-corrected chi connectivity index (χ2v) is 10.6. The van der Waals surface area contributed by atoms with Gasteiger partial charge in [0.25, 0.3) is 0 Å². The molecule has 1 saturated heterocycles. The van der Waals surface area contributed by atoms with Crippen LogP contribution < -0.4 is 10.5 Å². The largest absolute Gasteiger partial charge is 0.489 e. The van der Waals surface area contributed by atoms with Gasteiger partial charge in [0.2, 0.25) is 5.91 Å². The first-order valence-corrected chi connectivity index (χ1v) is 13.5. The van der Waals surface area contributed by atoms with E-state index in [0.717, 1.165) is 23.0 Å². The average Bonchev–Trinajstić information content (AvgIpc) is 3.49. The van der Waals surface area contributed by atoms with Gasteiger partial charge in [-0.05, 0) is 44.2 Å². The first kappa shape index (κ1) is 27.1. The van der Waals surface area contributed by atoms with Crippen molar-refractivity contribution >= 4 is 16.8 Å². The van der Waals surface area contributed by atoms with Crippen molar-refractivity contribution in [1.29, 1.82) is 0 Å². The third-order valence-electron chi connectivity index (χ3n) is 7.86. The molecule has 5 rings (SSSR count). The molecule has 0 bridgehead atoms. The molecular weight excluding hydrogens is 505 g/mol. The number of H-pyrrole nitrogens is 1. The lowest BCUT2D eigenvalue weighted by atomic mass is 9.87. The summed E-state index contributed by atoms with van der Waals surface area (Å²) >= 11 is 0. The number of alkyl halides is 1. The van der Waals surface area contributed by atoms with E-state index in [9.17, 15) is 9.18 Å². The molecule has 3 atom stereocenters. The molecule has 0 spiro atoms. The van der Waals surface area contributed by atoms with Crippen molar-refractivity contribution in [2.24, 2.45) is 5.73 Å². The van der Waals surface area contributed by atoms with Crippen LogP contribution in [0.2, 0.25) is 0 Å². The molecule has 1 amide bonds. The Morgan fingerprint density at radius 1 is 1.21 bits per heavy atom. The summed E-state index contributed by atoms with van der Waals surface area (Å²) in [6, 6.07) is 9.37. The molecule has 1 fully saturated rings. The second-order valence-electron chi connectivity index (χ2n) is 10.6. The van der Waals surface area contributed by atoms with Crippen LogP contribution in [0.25, 0.3) is 10.9 Å². The highest BCUT2D eigenvalue weighted by molar-refractivity contribution is 5.85. The Hall–Kier alpha value is -3.46. The zero-order chi connectivity index (χ0) is 27.7. The molecule has 3 aromatic rings. The highest BCUT2D eigenvalue weighted by Crippen LogP contribution is 2.45. The van der Waals surface area contributed by atoms with Crippen LogP contribution in [-0.2, 0) is 11.2 Å². The fraction of sp³-hybridized carbons (Fsp3) is 0.433. The van der Waals surface area contributed by atoms with Gasteiger partial charge in [-0.15, -0.1) is 0 Å². The van der Waals surface area contributed by atoms with Crippen LogP contribution in [0, 0.1) is 11.6 Å². The average molecular weight is 541 g/mol. The number of para-hydroxylation sites is 1. The molecular formula is C30H35F3N4O2. The number of likely N-dealkylation sites (tertiary alicyclic amines) is 1. The lowest BCUT2D eigenvalue weighted by Gasteiger charge is -2.44. The van der Waals surface area contributed by atoms with Gasteiger partial charge in [0, 0.05) is 66.5 Å². The Labute approximate surface area is 226 Å². The minimum Gasteiger partial charge on any atom is -0.489 e. The Bertz CT molecular complexity index is 1350. The van der Waals surface area contributed by atoms with Crippen LogP contribution >= 0.6 is 0 Å². The molecule has 3 N–H and O–H groups in total. The quantitative estimate of drug-likeness (QED) is 0.363. The topological polar surface area (TPSA) is 74.6 Å². The molecule has 2 aliphatic rings. The molecule has 0 radical (unpaired) electrons. The van der Waals surface area contributed by atoms with Crippen LogP contribution in [0.15, 0.2) is 48.7 Å². The summed E-state index contributed by atoms with van der Waals surface area (Å²) in [6.45, 7) is 7.80. The summed E-state index contributed by atoms with van der Waals surface area (Å²) in [6.07, 6.45) is 1.99. The van der Waals surface area contributed by atoms with Gasteiger partial charge in [0.1, 0.15) is 29.5 Å². The van der Waals surface area contributed by atoms with Crippen LogP contribution in [-0.4, -0.2) is 59.1 Å². The van der Waals surface area contributed by atoms with Crippen LogP contribution in [0.3, 0.4) is 0 Å². The number of carbonyl (C=O) groups excluding carboxylic acids is 1. The van der Waals surface area contributed by atoms with Crippen molar-refractivity contribution in [2.45, 2.75) is 57.2 Å². The van der Waals surface area contributed by atoms with Gasteiger partial charge in [-0.25, -0.2) is 8.78 Å². The minimum absolute atomic E-state index is 0.0931. The molecule has 208 valence electrons. The second kappa shape index (κ2) is 11.3. The number of amides is 1. The summed E-state index contributed by atoms with van der Waals surface area (Å²) < 4.78 is 50.3. The molecule has 3 heterocycles. The Morgan fingerprint density at radius 3 is 2.67 bits per heavy atom. The fourth-order valence-corrected chi connectivity index (χ4v) is 6.10. The van der Waals surface area contributed by atoms with Gasteiger partial charge in [-0.3, -0.25) is 14.1 Å². The highest BCUT2D eigenvalue weighted by Gasteiger charge is 2.39. The van der Waals surface area contributed by atoms with Crippen molar-refractivity contribution in [3.05, 3.63) is 77.1 Å². The number of primary amides is 1. The minimum atomic E-state index is -0.812. The number of aromatic nitrogens is 1. The van der Waals surface area contributed by atoms with Crippen molar-refractivity contribution in [2.75, 3.05) is 26.3 Å². The zero-order valence-electron chi connectivity index (χ0n) is 22.2. The third kappa shape index (κ3) is 5.50. The molecule has 39 heavy (non-hydrogen) atoms. The van der Waals surface area contributed by atoms with E-state index in [0.29, 0.717) is 43.7 Å². The lowest BCUT2D eigenvalue weighted by molar-refractivity contribution is -0.118. The van der Waals surface area contributed by atoms with Gasteiger partial charge < -0.3 is 20.4 Å². The van der Waals surface area contributed by atoms with Gasteiger partial charge in [-0.1, -0.05) is 24.8 Å². The molecule has 0 aliphatic carbocycles. The van der Waals surface area contributed by atoms with Gasteiger partial charge in [0.15, 0.2) is 0 Å². The first-order valence-electron chi connectivity index (χ1n) is 13.5. The normalized spacial score (nSPS) is 21.3. The Kier molecular flexibility index (Phi) is 7.88. The number of nitrogens with one attached hydrogen (secondary N) is 1. The number of ether oxygens (including phenoxy) is 1. The zero-order valence-corrected chi connectivity index (χ0v) is 22.2. The van der Waals surface area contributed by atoms with Crippen molar-refractivity contribution in [3.8, 4) is 5.75 Å². The fourth-order valence-electron chi connectivity index (χ4n) is 6.10. The van der Waals surface area contributed by atoms with E-state index in [2.05, 4.69) is 16.5 Å². The van der Waals surface area contributed by atoms with Crippen LogP contribution in [0.5, 0.6) is 5.75 Å². The molecule has 1 aromatic heterocycles. The number of aromatic amines is 1. The highest BCUT2D eigenvalue weighted by atomic mass is 19.1. The molecule has 0 saturated carbocycles. The van der Waals surface area contributed by atoms with E-state index < -0.39 is 23.6 Å². The number of nitrogens with zero attached hydrogens (tertiary/aromatic N) is 2. The molecule has 2 aromatic carbocycles. The maximum atomic E-state index is 15.9. The summed E-state index contributed by atoms with van der Waals surface area (Å²) in [5.41, 5.74) is 8.49. The first-order chi connectivity index (χ1) is 18.8. The van der Waals surface area contributed by atoms with E-state index in [-0.39, 0.29) is 43.0 Å². The summed E-state index contributed by atoms with van der Waals surface area (Å²) in [5.74, 6) is -1.76. The number of hydrogen-bond donors (Lipinski definition) is 2. The van der Waals surface area contributed by atoms with E-state index in [4.69, 9.17) is 10.5 Å². The third-order valence-corrected chi connectivity index (χ3v) is 7.86. The van der Waals surface area contributed by atoms with Crippen LogP contribution in [0.4, 0.5) is 13.2 Å². The predicted molar refractivity (Wildman–Crippen MR) is 145 cm³/mol. The number of benzene rings is 2. The summed E-state index contributed by atoms with van der Waals surface area (Å²) in [7, 11) is 0. The Morgan fingerprint density at radius 2 is 1.95 bits per heavy atom. The maximum absolute atomic E-state index is 15.9. The van der Waals surface area contributed by atoms with Gasteiger partial charge in [0.05, 0.1) is 12.2 Å². The van der Waals surface area contributed by atoms with Crippen LogP contribution in [0.1, 0.15) is 55.5 Å². The maximum Gasteiger partial charge on any atom is 0.217 e. The molecule has 2 aliphatic heterocycles. The van der Waals surface area contributed by atoms with Crippen molar-refractivity contribution < 1.29 is 22.7 Å². The van der Waals surface area contributed by atoms with E-state index in [1.807, 2.05) is 36.1 Å². The number of rotatable bonds is 10. The number of fused-ring (bicyclic) bond motifs is 3.